The second kappa shape index (κ2) is 12.2. The molecular weight excluding hydrogens is 425 g/mol. The maximum absolute atomic E-state index is 12.0. The van der Waals surface area contributed by atoms with Crippen molar-refractivity contribution in [2.75, 3.05) is 25.4 Å². The SMILES string of the molecule is C#CCNC(=NCCCS(=O)(=O)Cc1ccccc1)NCC.I. The highest BCUT2D eigenvalue weighted by Gasteiger charge is 2.11. The predicted molar refractivity (Wildman–Crippen MR) is 107 cm³/mol. The minimum Gasteiger partial charge on any atom is -0.357 e. The zero-order valence-corrected chi connectivity index (χ0v) is 16.4. The Balaban J connectivity index is 0.00000484. The first-order valence-electron chi connectivity index (χ1n) is 7.27. The second-order valence-corrected chi connectivity index (χ2v) is 6.93. The molecule has 5 nitrogen and oxygen atoms in total. The Morgan fingerprint density at radius 1 is 1.26 bits per heavy atom. The number of rotatable bonds is 8. The monoisotopic (exact) mass is 449 g/mol. The lowest BCUT2D eigenvalue weighted by atomic mass is 10.2. The largest absolute Gasteiger partial charge is 0.357 e. The number of guanidine groups is 1. The van der Waals surface area contributed by atoms with Crippen LogP contribution >= 0.6 is 24.0 Å². The van der Waals surface area contributed by atoms with Crippen molar-refractivity contribution in [2.24, 2.45) is 4.99 Å². The van der Waals surface area contributed by atoms with Crippen molar-refractivity contribution in [3.63, 3.8) is 0 Å². The van der Waals surface area contributed by atoms with Crippen molar-refractivity contribution >= 4 is 39.8 Å². The summed E-state index contributed by atoms with van der Waals surface area (Å²) in [5.74, 6) is 3.28. The molecule has 7 heteroatoms. The lowest BCUT2D eigenvalue weighted by Crippen LogP contribution is -2.37. The summed E-state index contributed by atoms with van der Waals surface area (Å²) in [7, 11) is -3.10. The van der Waals surface area contributed by atoms with Crippen LogP contribution in [0.3, 0.4) is 0 Å². The van der Waals surface area contributed by atoms with E-state index in [4.69, 9.17) is 6.42 Å². The second-order valence-electron chi connectivity index (χ2n) is 4.75. The van der Waals surface area contributed by atoms with E-state index in [0.717, 1.165) is 12.1 Å². The third-order valence-electron chi connectivity index (χ3n) is 2.81. The number of nitrogens with one attached hydrogen (secondary N) is 2. The van der Waals surface area contributed by atoms with Crippen LogP contribution in [0.25, 0.3) is 0 Å². The molecule has 2 N–H and O–H groups in total. The third kappa shape index (κ3) is 10.2. The van der Waals surface area contributed by atoms with Crippen LogP contribution in [0.5, 0.6) is 0 Å². The van der Waals surface area contributed by atoms with Gasteiger partial charge < -0.3 is 10.6 Å². The standard InChI is InChI=1S/C16H23N3O2S.HI/c1-3-11-18-16(17-4-2)19-12-8-13-22(20,21)14-15-9-6-5-7-10-15;/h1,5-7,9-10H,4,8,11-14H2,2H3,(H2,17,18,19);1H. The molecular formula is C16H24IN3O2S. The molecule has 128 valence electrons. The fourth-order valence-electron chi connectivity index (χ4n) is 1.85. The Morgan fingerprint density at radius 2 is 1.96 bits per heavy atom. The minimum atomic E-state index is -3.10. The van der Waals surface area contributed by atoms with Gasteiger partial charge in [0.05, 0.1) is 18.1 Å². The molecule has 0 heterocycles. The summed E-state index contributed by atoms with van der Waals surface area (Å²) in [5, 5.41) is 6.01. The van der Waals surface area contributed by atoms with Crippen molar-refractivity contribution < 1.29 is 8.42 Å². The van der Waals surface area contributed by atoms with E-state index in [2.05, 4.69) is 21.5 Å². The molecule has 0 unspecified atom stereocenters. The maximum atomic E-state index is 12.0. The van der Waals surface area contributed by atoms with E-state index < -0.39 is 9.84 Å². The third-order valence-corrected chi connectivity index (χ3v) is 4.50. The van der Waals surface area contributed by atoms with Crippen LogP contribution in [0.4, 0.5) is 0 Å². The summed E-state index contributed by atoms with van der Waals surface area (Å²) in [6, 6.07) is 9.20. The van der Waals surface area contributed by atoms with Gasteiger partial charge in [0.15, 0.2) is 15.8 Å². The molecule has 0 radical (unpaired) electrons. The van der Waals surface area contributed by atoms with E-state index in [1.807, 2.05) is 37.3 Å². The number of hydrogen-bond donors (Lipinski definition) is 2. The van der Waals surface area contributed by atoms with Gasteiger partial charge in [-0.25, -0.2) is 8.42 Å². The van der Waals surface area contributed by atoms with Gasteiger partial charge in [-0.1, -0.05) is 36.3 Å². The van der Waals surface area contributed by atoms with Gasteiger partial charge in [-0.15, -0.1) is 30.4 Å². The molecule has 0 bridgehead atoms. The number of benzene rings is 1. The molecule has 1 aromatic rings. The van der Waals surface area contributed by atoms with E-state index >= 15 is 0 Å². The summed E-state index contributed by atoms with van der Waals surface area (Å²) in [4.78, 5) is 4.30. The summed E-state index contributed by atoms with van der Waals surface area (Å²) in [6.07, 6.45) is 5.67. The molecule has 1 rings (SSSR count). The van der Waals surface area contributed by atoms with Gasteiger partial charge in [-0.2, -0.15) is 0 Å². The molecule has 23 heavy (non-hydrogen) atoms. The Labute approximate surface area is 156 Å². The van der Waals surface area contributed by atoms with Gasteiger partial charge in [0.2, 0.25) is 0 Å². The van der Waals surface area contributed by atoms with Crippen molar-refractivity contribution in [3.8, 4) is 12.3 Å². The van der Waals surface area contributed by atoms with Gasteiger partial charge in [0, 0.05) is 13.1 Å². The number of aliphatic imine (C=N–C) groups is 1. The fourth-order valence-corrected chi connectivity index (χ4v) is 3.27. The van der Waals surface area contributed by atoms with Crippen LogP contribution in [0.15, 0.2) is 35.3 Å². The number of halogens is 1. The number of sulfone groups is 1. The molecule has 0 atom stereocenters. The van der Waals surface area contributed by atoms with Gasteiger partial charge in [-0.05, 0) is 18.9 Å². The number of nitrogens with zero attached hydrogens (tertiary/aromatic N) is 1. The molecule has 0 amide bonds. The molecule has 0 aliphatic carbocycles. The molecule has 0 saturated heterocycles. The highest BCUT2D eigenvalue weighted by Crippen LogP contribution is 2.07. The van der Waals surface area contributed by atoms with Crippen LogP contribution in [0.2, 0.25) is 0 Å². The normalized spacial score (nSPS) is 11.2. The van der Waals surface area contributed by atoms with E-state index in [-0.39, 0.29) is 35.5 Å². The molecule has 0 saturated carbocycles. The van der Waals surface area contributed by atoms with Crippen LogP contribution in [0, 0.1) is 12.3 Å². The Bertz CT molecular complexity index is 610. The lowest BCUT2D eigenvalue weighted by Gasteiger charge is -2.08. The predicted octanol–water partition coefficient (Wildman–Crippen LogP) is 1.80. The molecule has 1 aromatic carbocycles. The summed E-state index contributed by atoms with van der Waals surface area (Å²) in [6.45, 7) is 3.51. The zero-order valence-electron chi connectivity index (χ0n) is 13.3. The summed E-state index contributed by atoms with van der Waals surface area (Å²) in [5.41, 5.74) is 0.815. The van der Waals surface area contributed by atoms with Gasteiger partial charge in [0.1, 0.15) is 0 Å². The lowest BCUT2D eigenvalue weighted by molar-refractivity contribution is 0.592. The van der Waals surface area contributed by atoms with Gasteiger partial charge >= 0.3 is 0 Å². The first-order chi connectivity index (χ1) is 10.6. The van der Waals surface area contributed by atoms with Crippen molar-refractivity contribution in [2.45, 2.75) is 19.1 Å². The zero-order chi connectivity index (χ0) is 16.3. The molecule has 0 spiro atoms. The van der Waals surface area contributed by atoms with Crippen LogP contribution in [-0.2, 0) is 15.6 Å². The van der Waals surface area contributed by atoms with Crippen LogP contribution in [0.1, 0.15) is 18.9 Å². The van der Waals surface area contributed by atoms with Crippen LogP contribution in [-0.4, -0.2) is 39.8 Å². The van der Waals surface area contributed by atoms with E-state index in [0.29, 0.717) is 25.5 Å². The van der Waals surface area contributed by atoms with Crippen molar-refractivity contribution in [1.29, 1.82) is 0 Å². The van der Waals surface area contributed by atoms with E-state index in [9.17, 15) is 8.42 Å². The van der Waals surface area contributed by atoms with E-state index in [1.165, 1.54) is 0 Å². The van der Waals surface area contributed by atoms with Crippen LogP contribution < -0.4 is 10.6 Å². The molecule has 0 fully saturated rings. The van der Waals surface area contributed by atoms with Gasteiger partial charge in [-0.3, -0.25) is 4.99 Å². The average Bonchev–Trinajstić information content (AvgIpc) is 2.49. The molecule has 0 aromatic heterocycles. The van der Waals surface area contributed by atoms with E-state index in [1.54, 1.807) is 0 Å². The average molecular weight is 449 g/mol. The maximum Gasteiger partial charge on any atom is 0.192 e. The highest BCUT2D eigenvalue weighted by molar-refractivity contribution is 14.0. The summed E-state index contributed by atoms with van der Waals surface area (Å²) < 4.78 is 24.1. The van der Waals surface area contributed by atoms with Crippen molar-refractivity contribution in [1.82, 2.24) is 10.6 Å². The topological polar surface area (TPSA) is 70.6 Å². The molecule has 0 aliphatic heterocycles. The minimum absolute atomic E-state index is 0. The van der Waals surface area contributed by atoms with Crippen molar-refractivity contribution in [3.05, 3.63) is 35.9 Å². The quantitative estimate of drug-likeness (QED) is 0.209. The highest BCUT2D eigenvalue weighted by atomic mass is 127. The Kier molecular flexibility index (Phi) is 11.5. The Morgan fingerprint density at radius 3 is 2.57 bits per heavy atom. The Hall–Kier alpha value is -1.27. The molecule has 0 aliphatic rings. The first kappa shape index (κ1) is 21.7. The smallest absolute Gasteiger partial charge is 0.192 e. The number of hydrogen-bond acceptors (Lipinski definition) is 3. The first-order valence-corrected chi connectivity index (χ1v) is 9.09. The summed E-state index contributed by atoms with van der Waals surface area (Å²) >= 11 is 0. The van der Waals surface area contributed by atoms with Gasteiger partial charge in [0.25, 0.3) is 0 Å². The number of terminal acetylenes is 1. The fraction of sp³-hybridized carbons (Fsp3) is 0.438.